The summed E-state index contributed by atoms with van der Waals surface area (Å²) in [6.07, 6.45) is 0.314. The molecule has 86 valence electrons. The van der Waals surface area contributed by atoms with Gasteiger partial charge in [0.05, 0.1) is 6.61 Å². The highest BCUT2D eigenvalue weighted by Gasteiger charge is 2.06. The summed E-state index contributed by atoms with van der Waals surface area (Å²) in [5.74, 6) is 0.282. The molecule has 0 spiro atoms. The number of benzene rings is 1. The van der Waals surface area contributed by atoms with Gasteiger partial charge in [-0.1, -0.05) is 12.1 Å². The normalized spacial score (nSPS) is 9.62. The van der Waals surface area contributed by atoms with Crippen molar-refractivity contribution in [3.8, 4) is 5.75 Å². The van der Waals surface area contributed by atoms with E-state index in [0.29, 0.717) is 19.4 Å². The van der Waals surface area contributed by atoms with Gasteiger partial charge in [0.25, 0.3) is 5.91 Å². The molecular weight excluding hydrogens is 206 g/mol. The van der Waals surface area contributed by atoms with Gasteiger partial charge < -0.3 is 9.64 Å². The molecule has 0 fully saturated rings. The van der Waals surface area contributed by atoms with Gasteiger partial charge in [-0.3, -0.25) is 9.59 Å². The van der Waals surface area contributed by atoms with Crippen LogP contribution in [0.3, 0.4) is 0 Å². The highest BCUT2D eigenvalue weighted by atomic mass is 16.5. The first-order valence-electron chi connectivity index (χ1n) is 5.09. The minimum atomic E-state index is -0.520. The quantitative estimate of drug-likeness (QED) is 0.555. The smallest absolute Gasteiger partial charge is 0.286 e. The zero-order valence-electron chi connectivity index (χ0n) is 9.47. The molecule has 4 heteroatoms. The van der Waals surface area contributed by atoms with Crippen molar-refractivity contribution in [3.05, 3.63) is 29.8 Å². The van der Waals surface area contributed by atoms with Gasteiger partial charge in [-0.15, -0.1) is 0 Å². The van der Waals surface area contributed by atoms with Gasteiger partial charge in [-0.25, -0.2) is 0 Å². The maximum atomic E-state index is 11.0. The third kappa shape index (κ3) is 3.38. The van der Waals surface area contributed by atoms with Crippen molar-refractivity contribution in [2.75, 3.05) is 13.7 Å². The van der Waals surface area contributed by atoms with Crippen LogP contribution in [0.1, 0.15) is 12.5 Å². The van der Waals surface area contributed by atoms with Crippen molar-refractivity contribution in [3.63, 3.8) is 0 Å². The Morgan fingerprint density at radius 1 is 1.38 bits per heavy atom. The highest BCUT2D eigenvalue weighted by molar-refractivity contribution is 6.23. The summed E-state index contributed by atoms with van der Waals surface area (Å²) in [6.45, 7) is 2.97. The molecule has 0 bridgehead atoms. The largest absolute Gasteiger partial charge is 0.494 e. The van der Waals surface area contributed by atoms with E-state index in [4.69, 9.17) is 4.74 Å². The molecule has 0 unspecified atom stereocenters. The number of aldehydes is 1. The van der Waals surface area contributed by atoms with Gasteiger partial charge in [0.15, 0.2) is 0 Å². The van der Waals surface area contributed by atoms with Crippen molar-refractivity contribution in [2.24, 2.45) is 0 Å². The SMILES string of the molecule is CCOc1ccc(CN(C)C(=O)C=O)cc1. The van der Waals surface area contributed by atoms with Crippen LogP contribution >= 0.6 is 0 Å². The number of hydrogen-bond donors (Lipinski definition) is 0. The lowest BCUT2D eigenvalue weighted by molar-refractivity contribution is -0.138. The molecule has 0 aliphatic rings. The minimum absolute atomic E-state index is 0.314. The summed E-state index contributed by atoms with van der Waals surface area (Å²) in [6, 6.07) is 7.44. The van der Waals surface area contributed by atoms with Gasteiger partial charge in [0.1, 0.15) is 5.75 Å². The molecule has 1 aromatic rings. The van der Waals surface area contributed by atoms with Gasteiger partial charge >= 0.3 is 0 Å². The second-order valence-corrected chi connectivity index (χ2v) is 3.39. The van der Waals surface area contributed by atoms with Gasteiger partial charge in [-0.05, 0) is 24.6 Å². The molecule has 0 atom stereocenters. The van der Waals surface area contributed by atoms with E-state index in [1.54, 1.807) is 7.05 Å². The predicted molar refractivity (Wildman–Crippen MR) is 60.1 cm³/mol. The number of hydrogen-bond acceptors (Lipinski definition) is 3. The van der Waals surface area contributed by atoms with E-state index in [1.165, 1.54) is 4.90 Å². The van der Waals surface area contributed by atoms with Crippen molar-refractivity contribution in [2.45, 2.75) is 13.5 Å². The fourth-order valence-corrected chi connectivity index (χ4v) is 1.30. The number of nitrogens with zero attached hydrogens (tertiary/aromatic N) is 1. The standard InChI is InChI=1S/C12H15NO3/c1-3-16-11-6-4-10(5-7-11)8-13(2)12(15)9-14/h4-7,9H,3,8H2,1-2H3. The van der Waals surface area contributed by atoms with E-state index < -0.39 is 5.91 Å². The predicted octanol–water partition coefficient (Wildman–Crippen LogP) is 1.24. The third-order valence-corrected chi connectivity index (χ3v) is 2.13. The van der Waals surface area contributed by atoms with Crippen LogP contribution in [0.15, 0.2) is 24.3 Å². The van der Waals surface area contributed by atoms with Crippen LogP contribution in [-0.4, -0.2) is 30.7 Å². The monoisotopic (exact) mass is 221 g/mol. The number of carbonyl (C=O) groups excluding carboxylic acids is 2. The summed E-state index contributed by atoms with van der Waals surface area (Å²) >= 11 is 0. The summed E-state index contributed by atoms with van der Waals surface area (Å²) in [5, 5.41) is 0. The molecule has 0 saturated carbocycles. The third-order valence-electron chi connectivity index (χ3n) is 2.13. The second-order valence-electron chi connectivity index (χ2n) is 3.39. The molecule has 1 rings (SSSR count). The minimum Gasteiger partial charge on any atom is -0.494 e. The first-order chi connectivity index (χ1) is 7.67. The lowest BCUT2D eigenvalue weighted by atomic mass is 10.2. The van der Waals surface area contributed by atoms with Crippen molar-refractivity contribution in [1.29, 1.82) is 0 Å². The second kappa shape index (κ2) is 5.90. The van der Waals surface area contributed by atoms with E-state index in [-0.39, 0.29) is 0 Å². The Balaban J connectivity index is 2.61. The summed E-state index contributed by atoms with van der Waals surface area (Å²) < 4.78 is 5.30. The molecule has 0 aromatic heterocycles. The van der Waals surface area contributed by atoms with Crippen LogP contribution in [0.25, 0.3) is 0 Å². The average molecular weight is 221 g/mol. The molecule has 1 amide bonds. The number of rotatable bonds is 5. The van der Waals surface area contributed by atoms with E-state index in [2.05, 4.69) is 0 Å². The van der Waals surface area contributed by atoms with E-state index in [0.717, 1.165) is 11.3 Å². The Kier molecular flexibility index (Phi) is 4.51. The number of carbonyl (C=O) groups is 2. The Hall–Kier alpha value is -1.84. The van der Waals surface area contributed by atoms with Gasteiger partial charge in [0.2, 0.25) is 6.29 Å². The molecule has 0 aliphatic carbocycles. The molecule has 1 aromatic carbocycles. The summed E-state index contributed by atoms with van der Waals surface area (Å²) in [7, 11) is 1.59. The first kappa shape index (κ1) is 12.2. The van der Waals surface area contributed by atoms with Crippen LogP contribution in [0.5, 0.6) is 5.75 Å². The summed E-state index contributed by atoms with van der Waals surface area (Å²) in [4.78, 5) is 22.6. The Labute approximate surface area is 94.8 Å². The molecule has 0 radical (unpaired) electrons. The first-order valence-corrected chi connectivity index (χ1v) is 5.09. The zero-order valence-corrected chi connectivity index (χ0v) is 9.47. The molecule has 0 heterocycles. The van der Waals surface area contributed by atoms with Gasteiger partial charge in [-0.2, -0.15) is 0 Å². The van der Waals surface area contributed by atoms with E-state index in [9.17, 15) is 9.59 Å². The van der Waals surface area contributed by atoms with Crippen LogP contribution in [0.4, 0.5) is 0 Å². The molecule has 0 N–H and O–H groups in total. The van der Waals surface area contributed by atoms with Gasteiger partial charge in [0, 0.05) is 13.6 Å². The number of amides is 1. The summed E-state index contributed by atoms with van der Waals surface area (Å²) in [5.41, 5.74) is 0.959. The average Bonchev–Trinajstić information content (AvgIpc) is 2.31. The van der Waals surface area contributed by atoms with Crippen molar-refractivity contribution >= 4 is 12.2 Å². The Morgan fingerprint density at radius 3 is 2.50 bits per heavy atom. The van der Waals surface area contributed by atoms with Crippen molar-refractivity contribution < 1.29 is 14.3 Å². The molecule has 4 nitrogen and oxygen atoms in total. The topological polar surface area (TPSA) is 46.6 Å². The maximum absolute atomic E-state index is 11.0. The van der Waals surface area contributed by atoms with Crippen LogP contribution < -0.4 is 4.74 Å². The zero-order chi connectivity index (χ0) is 12.0. The molecule has 0 saturated heterocycles. The fourth-order valence-electron chi connectivity index (χ4n) is 1.30. The Bertz CT molecular complexity index is 359. The molecule has 0 aliphatic heterocycles. The van der Waals surface area contributed by atoms with Crippen LogP contribution in [-0.2, 0) is 16.1 Å². The number of likely N-dealkylation sites (N-methyl/N-ethyl adjacent to an activating group) is 1. The van der Waals surface area contributed by atoms with Crippen LogP contribution in [0, 0.1) is 0 Å². The Morgan fingerprint density at radius 2 is 2.00 bits per heavy atom. The molecule has 16 heavy (non-hydrogen) atoms. The molecular formula is C12H15NO3. The van der Waals surface area contributed by atoms with Crippen LogP contribution in [0.2, 0.25) is 0 Å². The van der Waals surface area contributed by atoms with Crippen molar-refractivity contribution in [1.82, 2.24) is 4.90 Å². The van der Waals surface area contributed by atoms with E-state index in [1.807, 2.05) is 31.2 Å². The highest BCUT2D eigenvalue weighted by Crippen LogP contribution is 2.13. The number of ether oxygens (including phenoxy) is 1. The lowest BCUT2D eigenvalue weighted by Gasteiger charge is -2.14. The maximum Gasteiger partial charge on any atom is 0.286 e. The lowest BCUT2D eigenvalue weighted by Crippen LogP contribution is -2.26. The fraction of sp³-hybridized carbons (Fsp3) is 0.333. The van der Waals surface area contributed by atoms with E-state index >= 15 is 0 Å².